The fourth-order valence-corrected chi connectivity index (χ4v) is 1.74. The van der Waals surface area contributed by atoms with E-state index in [-0.39, 0.29) is 6.61 Å². The Morgan fingerprint density at radius 1 is 1.50 bits per heavy atom. The van der Waals surface area contributed by atoms with E-state index in [1.54, 1.807) is 18.1 Å². The molecular formula is C9H15N3OS. The maximum absolute atomic E-state index is 8.62. The number of nitrogens with one attached hydrogen (secondary N) is 1. The van der Waals surface area contributed by atoms with Crippen LogP contribution >= 0.6 is 11.8 Å². The fraction of sp³-hybridized carbons (Fsp3) is 0.556. The normalized spacial score (nSPS) is 10.1. The zero-order valence-corrected chi connectivity index (χ0v) is 9.05. The third-order valence-corrected chi connectivity index (χ3v) is 2.56. The molecule has 1 aromatic rings. The van der Waals surface area contributed by atoms with Gasteiger partial charge < -0.3 is 10.4 Å². The molecule has 0 fully saturated rings. The van der Waals surface area contributed by atoms with Gasteiger partial charge in [0.2, 0.25) is 0 Å². The van der Waals surface area contributed by atoms with Crippen LogP contribution in [-0.4, -0.2) is 34.0 Å². The average molecular weight is 213 g/mol. The highest BCUT2D eigenvalue weighted by Crippen LogP contribution is 2.17. The molecule has 0 saturated heterocycles. The van der Waals surface area contributed by atoms with Crippen molar-refractivity contribution in [1.29, 1.82) is 0 Å². The summed E-state index contributed by atoms with van der Waals surface area (Å²) in [5, 5.41) is 12.7. The van der Waals surface area contributed by atoms with Gasteiger partial charge in [-0.2, -0.15) is 0 Å². The van der Waals surface area contributed by atoms with Crippen LogP contribution in [0.1, 0.15) is 13.3 Å². The van der Waals surface area contributed by atoms with E-state index in [2.05, 4.69) is 15.3 Å². The standard InChI is InChI=1S/C9H15N3OS/c1-2-10-8-6-9(12-7-11-8)14-5-3-4-13/h6-7,13H,2-5H2,1H3,(H,10,11,12). The van der Waals surface area contributed by atoms with Gasteiger partial charge in [-0.05, 0) is 13.3 Å². The number of rotatable bonds is 6. The Labute approximate surface area is 88.2 Å². The summed E-state index contributed by atoms with van der Waals surface area (Å²) in [6.45, 7) is 3.12. The van der Waals surface area contributed by atoms with E-state index in [0.717, 1.165) is 29.6 Å². The minimum absolute atomic E-state index is 0.234. The lowest BCUT2D eigenvalue weighted by Crippen LogP contribution is -1.99. The van der Waals surface area contributed by atoms with Crippen LogP contribution in [0.4, 0.5) is 5.82 Å². The second kappa shape index (κ2) is 6.62. The van der Waals surface area contributed by atoms with Crippen LogP contribution in [-0.2, 0) is 0 Å². The lowest BCUT2D eigenvalue weighted by molar-refractivity contribution is 0.296. The molecule has 0 amide bonds. The van der Waals surface area contributed by atoms with Gasteiger partial charge in [-0.25, -0.2) is 9.97 Å². The smallest absolute Gasteiger partial charge is 0.130 e. The molecule has 14 heavy (non-hydrogen) atoms. The Balaban J connectivity index is 2.46. The van der Waals surface area contributed by atoms with Crippen LogP contribution in [0.15, 0.2) is 17.4 Å². The van der Waals surface area contributed by atoms with E-state index in [1.165, 1.54) is 0 Å². The number of hydrogen-bond acceptors (Lipinski definition) is 5. The summed E-state index contributed by atoms with van der Waals surface area (Å²) >= 11 is 1.63. The summed E-state index contributed by atoms with van der Waals surface area (Å²) in [6, 6.07) is 1.92. The number of anilines is 1. The van der Waals surface area contributed by atoms with E-state index in [1.807, 2.05) is 13.0 Å². The van der Waals surface area contributed by atoms with Crippen LogP contribution in [0.25, 0.3) is 0 Å². The Morgan fingerprint density at radius 3 is 3.07 bits per heavy atom. The Bertz CT molecular complexity index is 270. The highest BCUT2D eigenvalue weighted by molar-refractivity contribution is 7.99. The first-order chi connectivity index (χ1) is 6.86. The van der Waals surface area contributed by atoms with E-state index in [4.69, 9.17) is 5.11 Å². The monoisotopic (exact) mass is 213 g/mol. The molecule has 5 heteroatoms. The maximum Gasteiger partial charge on any atom is 0.130 e. The third-order valence-electron chi connectivity index (χ3n) is 1.55. The molecule has 0 saturated carbocycles. The van der Waals surface area contributed by atoms with E-state index in [0.29, 0.717) is 0 Å². The molecule has 1 heterocycles. The van der Waals surface area contributed by atoms with Gasteiger partial charge in [0, 0.05) is 25.0 Å². The van der Waals surface area contributed by atoms with Crippen molar-refractivity contribution < 1.29 is 5.11 Å². The van der Waals surface area contributed by atoms with Gasteiger partial charge in [0.25, 0.3) is 0 Å². The van der Waals surface area contributed by atoms with Gasteiger partial charge in [0.15, 0.2) is 0 Å². The fourth-order valence-electron chi connectivity index (χ4n) is 0.937. The average Bonchev–Trinajstić information content (AvgIpc) is 2.19. The van der Waals surface area contributed by atoms with Gasteiger partial charge in [0.1, 0.15) is 17.2 Å². The summed E-state index contributed by atoms with van der Waals surface area (Å²) in [4.78, 5) is 8.20. The van der Waals surface area contributed by atoms with Crippen molar-refractivity contribution in [3.05, 3.63) is 12.4 Å². The SMILES string of the molecule is CCNc1cc(SCCCO)ncn1. The lowest BCUT2D eigenvalue weighted by Gasteiger charge is -2.03. The summed E-state index contributed by atoms with van der Waals surface area (Å²) < 4.78 is 0. The zero-order valence-electron chi connectivity index (χ0n) is 8.23. The van der Waals surface area contributed by atoms with E-state index >= 15 is 0 Å². The molecule has 0 atom stereocenters. The van der Waals surface area contributed by atoms with Crippen LogP contribution < -0.4 is 5.32 Å². The largest absolute Gasteiger partial charge is 0.396 e. The molecule has 78 valence electrons. The molecular weight excluding hydrogens is 198 g/mol. The van der Waals surface area contributed by atoms with Crippen LogP contribution in [0.2, 0.25) is 0 Å². The highest BCUT2D eigenvalue weighted by atomic mass is 32.2. The van der Waals surface area contributed by atoms with Gasteiger partial charge in [-0.3, -0.25) is 0 Å². The molecule has 0 bridgehead atoms. The van der Waals surface area contributed by atoms with Crippen molar-refractivity contribution in [2.75, 3.05) is 24.2 Å². The molecule has 1 rings (SSSR count). The topological polar surface area (TPSA) is 58.0 Å². The van der Waals surface area contributed by atoms with Crippen LogP contribution in [0, 0.1) is 0 Å². The number of aliphatic hydroxyl groups is 1. The van der Waals surface area contributed by atoms with Gasteiger partial charge >= 0.3 is 0 Å². The number of aromatic nitrogens is 2. The zero-order chi connectivity index (χ0) is 10.2. The summed E-state index contributed by atoms with van der Waals surface area (Å²) in [7, 11) is 0. The van der Waals surface area contributed by atoms with Crippen molar-refractivity contribution in [2.45, 2.75) is 18.4 Å². The Hall–Kier alpha value is -0.810. The minimum atomic E-state index is 0.234. The number of nitrogens with zero attached hydrogens (tertiary/aromatic N) is 2. The number of hydrogen-bond donors (Lipinski definition) is 2. The third kappa shape index (κ3) is 3.93. The van der Waals surface area contributed by atoms with Gasteiger partial charge in [-0.1, -0.05) is 0 Å². The van der Waals surface area contributed by atoms with E-state index < -0.39 is 0 Å². The van der Waals surface area contributed by atoms with Gasteiger partial charge in [0.05, 0.1) is 0 Å². The molecule has 0 spiro atoms. The van der Waals surface area contributed by atoms with E-state index in [9.17, 15) is 0 Å². The first-order valence-electron chi connectivity index (χ1n) is 4.66. The molecule has 0 aromatic carbocycles. The molecule has 0 aliphatic carbocycles. The summed E-state index contributed by atoms with van der Waals surface area (Å²) in [5.41, 5.74) is 0. The second-order valence-electron chi connectivity index (χ2n) is 2.70. The minimum Gasteiger partial charge on any atom is -0.396 e. The van der Waals surface area contributed by atoms with Crippen molar-refractivity contribution in [3.8, 4) is 0 Å². The van der Waals surface area contributed by atoms with Crippen LogP contribution in [0.5, 0.6) is 0 Å². The highest BCUT2D eigenvalue weighted by Gasteiger charge is 1.97. The van der Waals surface area contributed by atoms with Crippen molar-refractivity contribution in [2.24, 2.45) is 0 Å². The molecule has 0 unspecified atom stereocenters. The van der Waals surface area contributed by atoms with Crippen molar-refractivity contribution in [3.63, 3.8) is 0 Å². The van der Waals surface area contributed by atoms with Gasteiger partial charge in [-0.15, -0.1) is 11.8 Å². The Morgan fingerprint density at radius 2 is 2.36 bits per heavy atom. The predicted molar refractivity (Wildman–Crippen MR) is 58.6 cm³/mol. The maximum atomic E-state index is 8.62. The second-order valence-corrected chi connectivity index (χ2v) is 3.81. The predicted octanol–water partition coefficient (Wildman–Crippen LogP) is 1.38. The first kappa shape index (κ1) is 11.3. The lowest BCUT2D eigenvalue weighted by atomic mass is 10.5. The molecule has 0 aliphatic heterocycles. The molecule has 1 aromatic heterocycles. The molecule has 0 aliphatic rings. The number of thioether (sulfide) groups is 1. The molecule has 4 nitrogen and oxygen atoms in total. The molecule has 2 N–H and O–H groups in total. The first-order valence-corrected chi connectivity index (χ1v) is 5.65. The van der Waals surface area contributed by atoms with Crippen LogP contribution in [0.3, 0.4) is 0 Å². The molecule has 0 radical (unpaired) electrons. The number of aliphatic hydroxyl groups excluding tert-OH is 1. The summed E-state index contributed by atoms with van der Waals surface area (Å²) in [6.07, 6.45) is 2.35. The summed E-state index contributed by atoms with van der Waals surface area (Å²) in [5.74, 6) is 1.74. The van der Waals surface area contributed by atoms with Crippen molar-refractivity contribution >= 4 is 17.6 Å². The Kier molecular flexibility index (Phi) is 5.32. The van der Waals surface area contributed by atoms with Crippen molar-refractivity contribution in [1.82, 2.24) is 9.97 Å². The quantitative estimate of drug-likeness (QED) is 0.425.